The smallest absolute Gasteiger partial charge is 0.243 e. The molecule has 246 valence electrons. The number of nitrogens with zero attached hydrogens (tertiary/aromatic N) is 5. The van der Waals surface area contributed by atoms with E-state index in [1.165, 1.54) is 0 Å². The van der Waals surface area contributed by atoms with Crippen LogP contribution in [0.1, 0.15) is 73.1 Å². The van der Waals surface area contributed by atoms with Gasteiger partial charge in [0.05, 0.1) is 12.6 Å². The van der Waals surface area contributed by atoms with Gasteiger partial charge in [-0.25, -0.2) is 9.67 Å². The van der Waals surface area contributed by atoms with Gasteiger partial charge in [0.25, 0.3) is 0 Å². The summed E-state index contributed by atoms with van der Waals surface area (Å²) in [6, 6.07) is 16.1. The highest BCUT2D eigenvalue weighted by molar-refractivity contribution is 6.10. The van der Waals surface area contributed by atoms with Crippen molar-refractivity contribution in [2.24, 2.45) is 11.8 Å². The lowest BCUT2D eigenvalue weighted by Gasteiger charge is -2.28. The minimum absolute atomic E-state index is 0.0189. The van der Waals surface area contributed by atoms with Crippen molar-refractivity contribution < 1.29 is 19.2 Å². The van der Waals surface area contributed by atoms with Crippen molar-refractivity contribution in [1.82, 2.24) is 34.9 Å². The summed E-state index contributed by atoms with van der Waals surface area (Å²) in [4.78, 5) is 60.4. The molecule has 0 unspecified atom stereocenters. The number of amides is 3. The van der Waals surface area contributed by atoms with Crippen LogP contribution in [-0.2, 0) is 33.9 Å². The van der Waals surface area contributed by atoms with Gasteiger partial charge in [-0.15, -0.1) is 0 Å². The van der Waals surface area contributed by atoms with Crippen LogP contribution in [0.2, 0.25) is 0 Å². The van der Waals surface area contributed by atoms with Crippen LogP contribution >= 0.6 is 0 Å². The number of hydrogen-bond donors (Lipinski definition) is 2. The number of para-hydroxylation sites is 1. The van der Waals surface area contributed by atoms with Crippen molar-refractivity contribution in [2.45, 2.75) is 78.0 Å². The fourth-order valence-corrected chi connectivity index (χ4v) is 6.37. The molecular weight excluding hydrogens is 594 g/mol. The van der Waals surface area contributed by atoms with Gasteiger partial charge in [0.15, 0.2) is 5.78 Å². The van der Waals surface area contributed by atoms with E-state index in [-0.39, 0.29) is 48.3 Å². The topological polar surface area (TPSA) is 131 Å². The average molecular weight is 638 g/mol. The van der Waals surface area contributed by atoms with Crippen LogP contribution < -0.4 is 10.6 Å². The number of fused-ring (bicyclic) bond motifs is 2. The van der Waals surface area contributed by atoms with Gasteiger partial charge in [-0.2, -0.15) is 5.10 Å². The third kappa shape index (κ3) is 7.45. The van der Waals surface area contributed by atoms with E-state index in [2.05, 4.69) is 15.7 Å². The summed E-state index contributed by atoms with van der Waals surface area (Å²) in [7, 11) is 0. The van der Waals surface area contributed by atoms with Crippen molar-refractivity contribution in [1.29, 1.82) is 0 Å². The van der Waals surface area contributed by atoms with Crippen LogP contribution in [-0.4, -0.2) is 66.9 Å². The first kappa shape index (κ1) is 32.2. The fourth-order valence-electron chi connectivity index (χ4n) is 6.37. The van der Waals surface area contributed by atoms with E-state index in [9.17, 15) is 19.2 Å². The molecule has 1 aliphatic carbocycles. The van der Waals surface area contributed by atoms with Crippen LogP contribution in [0, 0.1) is 18.8 Å². The molecule has 2 aromatic heterocycles. The number of carbonyl (C=O) groups is 4. The molecule has 4 aromatic rings. The first-order valence-corrected chi connectivity index (χ1v) is 16.6. The van der Waals surface area contributed by atoms with Gasteiger partial charge in [0.2, 0.25) is 17.7 Å². The largest absolute Gasteiger partial charge is 0.344 e. The summed E-state index contributed by atoms with van der Waals surface area (Å²) in [6.07, 6.45) is 4.58. The number of rotatable bonds is 7. The zero-order valence-corrected chi connectivity index (χ0v) is 27.3. The Balaban J connectivity index is 1.27. The predicted molar refractivity (Wildman–Crippen MR) is 177 cm³/mol. The van der Waals surface area contributed by atoms with Crippen molar-refractivity contribution >= 4 is 34.4 Å². The highest BCUT2D eigenvalue weighted by Gasteiger charge is 2.33. The molecule has 47 heavy (non-hydrogen) atoms. The number of nitrogens with one attached hydrogen (secondary N) is 2. The summed E-state index contributed by atoms with van der Waals surface area (Å²) in [5.74, 6) is 0.746. The highest BCUT2D eigenvalue weighted by atomic mass is 16.2. The second-order valence-electron chi connectivity index (χ2n) is 13.1. The molecule has 6 rings (SSSR count). The molecule has 2 aromatic carbocycles. The molecule has 1 aliphatic heterocycles. The van der Waals surface area contributed by atoms with Crippen LogP contribution in [0.5, 0.6) is 0 Å². The monoisotopic (exact) mass is 637 g/mol. The zero-order valence-electron chi connectivity index (χ0n) is 27.3. The molecule has 0 spiro atoms. The molecule has 3 heterocycles. The first-order valence-electron chi connectivity index (χ1n) is 16.6. The molecule has 2 atom stereocenters. The van der Waals surface area contributed by atoms with Crippen LogP contribution in [0.15, 0.2) is 60.8 Å². The second kappa shape index (κ2) is 13.9. The Morgan fingerprint density at radius 2 is 1.70 bits per heavy atom. The Bertz CT molecular complexity index is 1770. The average Bonchev–Trinajstić information content (AvgIpc) is 3.76. The van der Waals surface area contributed by atoms with Gasteiger partial charge >= 0.3 is 0 Å². The Morgan fingerprint density at radius 1 is 0.957 bits per heavy atom. The van der Waals surface area contributed by atoms with Gasteiger partial charge in [-0.05, 0) is 43.7 Å². The highest BCUT2D eigenvalue weighted by Crippen LogP contribution is 2.35. The molecule has 1 saturated carbocycles. The molecule has 2 N–H and O–H groups in total. The zero-order chi connectivity index (χ0) is 33.1. The minimum Gasteiger partial charge on any atom is -0.344 e. The molecular formula is C36H43N7O4. The summed E-state index contributed by atoms with van der Waals surface area (Å²) in [6.45, 7) is 6.96. The third-order valence-corrected chi connectivity index (χ3v) is 9.06. The standard InChI is InChI=1S/C36H43N7O4/c1-23(2)33-35-37-24(3)40-43(35)19-18-41(17-9-14-31(44)38-29(36(47)39-33)20-25-10-5-4-6-11-25)32(45)22-42-21-28(34(46)26-15-16-26)27-12-7-8-13-30(27)42/h4-8,10-13,21,23,26,29,33H,9,14-20,22H2,1-3H3,(H,38,44)(H,39,47)/t29-,33+/m0/s1. The Labute approximate surface area is 274 Å². The maximum Gasteiger partial charge on any atom is 0.243 e. The maximum absolute atomic E-state index is 14.0. The molecule has 2 aliphatic rings. The molecule has 11 heteroatoms. The summed E-state index contributed by atoms with van der Waals surface area (Å²) in [5.41, 5.74) is 2.45. The minimum atomic E-state index is -0.779. The van der Waals surface area contributed by atoms with Gasteiger partial charge in [0, 0.05) is 54.5 Å². The lowest BCUT2D eigenvalue weighted by molar-refractivity contribution is -0.132. The van der Waals surface area contributed by atoms with Crippen molar-refractivity contribution in [3.8, 4) is 0 Å². The Kier molecular flexibility index (Phi) is 9.51. The van der Waals surface area contributed by atoms with E-state index >= 15 is 0 Å². The van der Waals surface area contributed by atoms with Crippen LogP contribution in [0.4, 0.5) is 0 Å². The lowest BCUT2D eigenvalue weighted by Crippen LogP contribution is -2.50. The Morgan fingerprint density at radius 3 is 2.45 bits per heavy atom. The summed E-state index contributed by atoms with van der Waals surface area (Å²) >= 11 is 0. The molecule has 0 saturated heterocycles. The molecule has 0 bridgehead atoms. The maximum atomic E-state index is 14.0. The van der Waals surface area contributed by atoms with Gasteiger partial charge in [-0.1, -0.05) is 62.4 Å². The van der Waals surface area contributed by atoms with Crippen LogP contribution in [0.25, 0.3) is 10.9 Å². The van der Waals surface area contributed by atoms with Crippen molar-refractivity contribution in [2.75, 3.05) is 13.1 Å². The van der Waals surface area contributed by atoms with Gasteiger partial charge in [-0.3, -0.25) is 19.2 Å². The number of Topliss-reactive ketones (excluding diaryl/α,β-unsaturated/α-hetero) is 1. The molecule has 3 amide bonds. The van der Waals surface area contributed by atoms with E-state index in [4.69, 9.17) is 4.98 Å². The van der Waals surface area contributed by atoms with E-state index < -0.39 is 12.1 Å². The van der Waals surface area contributed by atoms with Gasteiger partial charge in [0.1, 0.15) is 24.2 Å². The fraction of sp³-hybridized carbons (Fsp3) is 0.444. The molecule has 0 radical (unpaired) electrons. The number of carbonyl (C=O) groups excluding carboxylic acids is 4. The number of aromatic nitrogens is 4. The van der Waals surface area contributed by atoms with E-state index in [0.29, 0.717) is 49.7 Å². The number of hydrogen-bond acceptors (Lipinski definition) is 6. The van der Waals surface area contributed by atoms with E-state index in [1.54, 1.807) is 9.58 Å². The number of benzene rings is 2. The van der Waals surface area contributed by atoms with Crippen molar-refractivity contribution in [3.05, 3.63) is 83.6 Å². The quantitative estimate of drug-likeness (QED) is 0.295. The first-order chi connectivity index (χ1) is 22.7. The second-order valence-corrected chi connectivity index (χ2v) is 13.1. The number of ketones is 1. The normalized spacial score (nSPS) is 19.6. The molecule has 11 nitrogen and oxygen atoms in total. The third-order valence-electron chi connectivity index (χ3n) is 9.06. The number of aryl methyl sites for hydroxylation is 1. The SMILES string of the molecule is Cc1nc2n(n1)CCN(C(=O)Cn1cc(C(=O)C3CC3)c3ccccc31)CCCC(=O)N[C@@H](Cc1ccccc1)C(=O)N[C@@H]2C(C)C. The van der Waals surface area contributed by atoms with Gasteiger partial charge < -0.3 is 20.1 Å². The lowest BCUT2D eigenvalue weighted by atomic mass is 10.0. The molecule has 1 fully saturated rings. The van der Waals surface area contributed by atoms with Crippen molar-refractivity contribution in [3.63, 3.8) is 0 Å². The van der Waals surface area contributed by atoms with E-state index in [0.717, 1.165) is 29.3 Å². The van der Waals surface area contributed by atoms with E-state index in [1.807, 2.05) is 86.1 Å². The summed E-state index contributed by atoms with van der Waals surface area (Å²) < 4.78 is 3.66. The Hall–Kier alpha value is -4.80. The predicted octanol–water partition coefficient (Wildman–Crippen LogP) is 4.00. The summed E-state index contributed by atoms with van der Waals surface area (Å²) in [5, 5.41) is 11.6. The van der Waals surface area contributed by atoms with Crippen LogP contribution in [0.3, 0.4) is 0 Å².